The van der Waals surface area contributed by atoms with Crippen LogP contribution in [0.15, 0.2) is 27.4 Å². The van der Waals surface area contributed by atoms with Crippen molar-refractivity contribution in [2.24, 2.45) is 0 Å². The molecule has 0 saturated carbocycles. The maximum absolute atomic E-state index is 11.6. The highest BCUT2D eigenvalue weighted by atomic mass is 16.6. The van der Waals surface area contributed by atoms with Crippen LogP contribution >= 0.6 is 0 Å². The summed E-state index contributed by atoms with van der Waals surface area (Å²) in [5.41, 5.74) is 2.65. The second-order valence-electron chi connectivity index (χ2n) is 4.57. The first kappa shape index (κ1) is 14.3. The molecule has 0 radical (unpaired) electrons. The van der Waals surface area contributed by atoms with Crippen LogP contribution in [0.3, 0.4) is 0 Å². The summed E-state index contributed by atoms with van der Waals surface area (Å²) in [7, 11) is 1.42. The molecule has 0 aliphatic heterocycles. The second-order valence-corrected chi connectivity index (χ2v) is 4.57. The van der Waals surface area contributed by atoms with Crippen LogP contribution in [0.1, 0.15) is 16.7 Å². The Kier molecular flexibility index (Phi) is 4.20. The number of benzene rings is 1. The zero-order valence-corrected chi connectivity index (χ0v) is 11.7. The molecule has 0 fully saturated rings. The molecule has 0 saturated heterocycles. The molecule has 5 nitrogen and oxygen atoms in total. The number of hydrogen-bond donors (Lipinski definition) is 0. The van der Waals surface area contributed by atoms with E-state index in [9.17, 15) is 9.59 Å². The molecule has 0 N–H and O–H groups in total. The Balaban J connectivity index is 2.41. The lowest BCUT2D eigenvalue weighted by Crippen LogP contribution is -2.12. The Morgan fingerprint density at radius 1 is 1.30 bits per heavy atom. The second kappa shape index (κ2) is 5.88. The number of fused-ring (bicyclic) bond motifs is 1. The minimum atomic E-state index is -0.474. The molecule has 2 aromatic rings. The van der Waals surface area contributed by atoms with Crippen LogP contribution in [0.25, 0.3) is 11.0 Å². The number of esters is 1. The Hall–Kier alpha value is -2.14. The van der Waals surface area contributed by atoms with Crippen LogP contribution in [0.2, 0.25) is 0 Å². The Labute approximate surface area is 116 Å². The Bertz CT molecular complexity index is 699. The summed E-state index contributed by atoms with van der Waals surface area (Å²) < 4.78 is 15.0. The number of rotatable bonds is 4. The predicted molar refractivity (Wildman–Crippen MR) is 73.6 cm³/mol. The van der Waals surface area contributed by atoms with Gasteiger partial charge in [-0.15, -0.1) is 0 Å². The van der Waals surface area contributed by atoms with Crippen LogP contribution < -0.4 is 5.63 Å². The van der Waals surface area contributed by atoms with Crippen molar-refractivity contribution in [1.82, 2.24) is 0 Å². The van der Waals surface area contributed by atoms with Crippen molar-refractivity contribution >= 4 is 16.9 Å². The normalized spacial score (nSPS) is 10.8. The van der Waals surface area contributed by atoms with Crippen molar-refractivity contribution in [1.29, 1.82) is 0 Å². The van der Waals surface area contributed by atoms with Gasteiger partial charge in [-0.05, 0) is 25.0 Å². The highest BCUT2D eigenvalue weighted by Crippen LogP contribution is 2.23. The fourth-order valence-electron chi connectivity index (χ4n) is 1.96. The molecule has 0 bridgehead atoms. The van der Waals surface area contributed by atoms with Crippen molar-refractivity contribution < 1.29 is 18.7 Å². The summed E-state index contributed by atoms with van der Waals surface area (Å²) in [4.78, 5) is 22.9. The summed E-state index contributed by atoms with van der Waals surface area (Å²) in [5, 5.41) is 0.776. The van der Waals surface area contributed by atoms with Gasteiger partial charge in [0.1, 0.15) is 18.8 Å². The molecule has 0 aliphatic carbocycles. The number of carbonyl (C=O) groups excluding carboxylic acids is 1. The number of hydrogen-bond acceptors (Lipinski definition) is 5. The minimum Gasteiger partial charge on any atom is -0.459 e. The van der Waals surface area contributed by atoms with Gasteiger partial charge in [-0.1, -0.05) is 12.1 Å². The third-order valence-electron chi connectivity index (χ3n) is 3.17. The van der Waals surface area contributed by atoms with Crippen molar-refractivity contribution in [3.63, 3.8) is 0 Å². The average Bonchev–Trinajstić information content (AvgIpc) is 2.41. The molecule has 0 unspecified atom stereocenters. The predicted octanol–water partition coefficient (Wildman–Crippen LogP) is 2.10. The molecule has 0 aliphatic rings. The number of methoxy groups -OCH3 is 1. The molecule has 1 heterocycles. The Morgan fingerprint density at radius 3 is 2.75 bits per heavy atom. The largest absolute Gasteiger partial charge is 0.459 e. The van der Waals surface area contributed by atoms with E-state index in [4.69, 9.17) is 9.15 Å². The van der Waals surface area contributed by atoms with E-state index in [1.807, 2.05) is 26.0 Å². The van der Waals surface area contributed by atoms with Gasteiger partial charge >= 0.3 is 11.6 Å². The van der Waals surface area contributed by atoms with Gasteiger partial charge in [-0.3, -0.25) is 0 Å². The van der Waals surface area contributed by atoms with Gasteiger partial charge in [0.15, 0.2) is 0 Å². The lowest BCUT2D eigenvalue weighted by Gasteiger charge is -2.09. The van der Waals surface area contributed by atoms with Crippen LogP contribution in [0, 0.1) is 13.8 Å². The van der Waals surface area contributed by atoms with Crippen molar-refractivity contribution in [2.45, 2.75) is 20.5 Å². The standard InChI is InChI=1S/C15H16O5/c1-9-4-5-12-11(7-19-14(17)8-18-3)6-13(16)20-15(12)10(9)2/h4-6H,7-8H2,1-3H3. The van der Waals surface area contributed by atoms with Gasteiger partial charge in [0.2, 0.25) is 0 Å². The van der Waals surface area contributed by atoms with Crippen molar-refractivity contribution in [3.05, 3.63) is 45.3 Å². The van der Waals surface area contributed by atoms with E-state index in [0.29, 0.717) is 11.1 Å². The van der Waals surface area contributed by atoms with Crippen LogP contribution in [-0.2, 0) is 20.9 Å². The highest BCUT2D eigenvalue weighted by Gasteiger charge is 2.11. The number of ether oxygens (including phenoxy) is 2. The lowest BCUT2D eigenvalue weighted by atomic mass is 10.0. The maximum atomic E-state index is 11.6. The van der Waals surface area contributed by atoms with Gasteiger partial charge in [0, 0.05) is 24.1 Å². The molecule has 20 heavy (non-hydrogen) atoms. The van der Waals surface area contributed by atoms with Gasteiger partial charge in [-0.25, -0.2) is 9.59 Å². The molecule has 106 valence electrons. The summed E-state index contributed by atoms with van der Waals surface area (Å²) in [6, 6.07) is 5.15. The fraction of sp³-hybridized carbons (Fsp3) is 0.333. The SMILES string of the molecule is COCC(=O)OCc1cc(=O)oc2c(C)c(C)ccc12. The fourth-order valence-corrected chi connectivity index (χ4v) is 1.96. The highest BCUT2D eigenvalue weighted by molar-refractivity contribution is 5.84. The molecule has 0 atom stereocenters. The molecule has 1 aromatic carbocycles. The topological polar surface area (TPSA) is 65.7 Å². The van der Waals surface area contributed by atoms with Crippen LogP contribution in [-0.4, -0.2) is 19.7 Å². The number of carbonyl (C=O) groups is 1. The first-order valence-electron chi connectivity index (χ1n) is 6.20. The van der Waals surface area contributed by atoms with Gasteiger partial charge in [0.25, 0.3) is 0 Å². The van der Waals surface area contributed by atoms with E-state index in [1.165, 1.54) is 13.2 Å². The quantitative estimate of drug-likeness (QED) is 0.632. The summed E-state index contributed by atoms with van der Waals surface area (Å²) >= 11 is 0. The lowest BCUT2D eigenvalue weighted by molar-refractivity contribution is -0.149. The molecular formula is C15H16O5. The zero-order valence-electron chi connectivity index (χ0n) is 11.7. The first-order valence-corrected chi connectivity index (χ1v) is 6.20. The third kappa shape index (κ3) is 2.88. The Morgan fingerprint density at radius 2 is 2.05 bits per heavy atom. The van der Waals surface area contributed by atoms with Gasteiger partial charge in [-0.2, -0.15) is 0 Å². The maximum Gasteiger partial charge on any atom is 0.336 e. The molecule has 0 amide bonds. The monoisotopic (exact) mass is 276 g/mol. The van der Waals surface area contributed by atoms with E-state index in [0.717, 1.165) is 16.5 Å². The van der Waals surface area contributed by atoms with E-state index in [-0.39, 0.29) is 13.2 Å². The first-order chi connectivity index (χ1) is 9.52. The number of aryl methyl sites for hydroxylation is 2. The van der Waals surface area contributed by atoms with Crippen LogP contribution in [0.5, 0.6) is 0 Å². The summed E-state index contributed by atoms with van der Waals surface area (Å²) in [5.74, 6) is -0.474. The van der Waals surface area contributed by atoms with E-state index in [1.54, 1.807) is 0 Å². The van der Waals surface area contributed by atoms with E-state index >= 15 is 0 Å². The van der Waals surface area contributed by atoms with Gasteiger partial charge in [0.05, 0.1) is 0 Å². The molecular weight excluding hydrogens is 260 g/mol. The van der Waals surface area contributed by atoms with Crippen LogP contribution in [0.4, 0.5) is 0 Å². The van der Waals surface area contributed by atoms with Gasteiger partial charge < -0.3 is 13.9 Å². The van der Waals surface area contributed by atoms with E-state index < -0.39 is 11.6 Å². The van der Waals surface area contributed by atoms with E-state index in [2.05, 4.69) is 4.74 Å². The summed E-state index contributed by atoms with van der Waals surface area (Å²) in [6.45, 7) is 3.74. The van der Waals surface area contributed by atoms with Crippen molar-refractivity contribution in [3.8, 4) is 0 Å². The molecule has 2 rings (SSSR count). The summed E-state index contributed by atoms with van der Waals surface area (Å²) in [6.07, 6.45) is 0. The minimum absolute atomic E-state index is 0.0206. The molecule has 1 aromatic heterocycles. The average molecular weight is 276 g/mol. The smallest absolute Gasteiger partial charge is 0.336 e. The van der Waals surface area contributed by atoms with Crippen molar-refractivity contribution in [2.75, 3.05) is 13.7 Å². The zero-order chi connectivity index (χ0) is 14.7. The molecule has 0 spiro atoms. The molecule has 5 heteroatoms. The third-order valence-corrected chi connectivity index (χ3v) is 3.17.